The summed E-state index contributed by atoms with van der Waals surface area (Å²) in [6.07, 6.45) is 4.72. The van der Waals surface area contributed by atoms with Gasteiger partial charge in [0.1, 0.15) is 5.69 Å². The molecule has 0 unspecified atom stereocenters. The predicted octanol–water partition coefficient (Wildman–Crippen LogP) is 4.35. The molecule has 1 N–H and O–H groups in total. The van der Waals surface area contributed by atoms with Crippen LogP contribution >= 0.6 is 0 Å². The molecule has 0 radical (unpaired) electrons. The predicted molar refractivity (Wildman–Crippen MR) is 133 cm³/mol. The first kappa shape index (κ1) is 21.9. The number of hydrogen-bond donors (Lipinski definition) is 1. The maximum absolute atomic E-state index is 12.9. The summed E-state index contributed by atoms with van der Waals surface area (Å²) in [6, 6.07) is 23.4. The topological polar surface area (TPSA) is 74.5 Å². The Morgan fingerprint density at radius 2 is 1.65 bits per heavy atom. The molecule has 1 fully saturated rings. The molecule has 0 aliphatic carbocycles. The summed E-state index contributed by atoms with van der Waals surface area (Å²) < 4.78 is 5.33. The van der Waals surface area contributed by atoms with Gasteiger partial charge in [-0.05, 0) is 36.2 Å². The van der Waals surface area contributed by atoms with Gasteiger partial charge in [-0.1, -0.05) is 47.6 Å². The number of nitrogens with one attached hydrogen (secondary N) is 1. The zero-order valence-corrected chi connectivity index (χ0v) is 18.9. The van der Waals surface area contributed by atoms with Crippen LogP contribution in [0, 0.1) is 0 Å². The maximum Gasteiger partial charge on any atom is 0.294 e. The molecule has 5 rings (SSSR count). The van der Waals surface area contributed by atoms with Crippen molar-refractivity contribution in [2.45, 2.75) is 6.42 Å². The molecule has 0 saturated carbocycles. The number of nitrogens with zero attached hydrogens (tertiary/aromatic N) is 4. The Morgan fingerprint density at radius 3 is 2.44 bits per heavy atom. The number of hydrogen-bond acceptors (Lipinski definition) is 6. The fourth-order valence-electron chi connectivity index (χ4n) is 4.22. The minimum absolute atomic E-state index is 0.189. The lowest BCUT2D eigenvalue weighted by molar-refractivity contribution is 0.0988. The van der Waals surface area contributed by atoms with Gasteiger partial charge < -0.3 is 14.7 Å². The Morgan fingerprint density at radius 1 is 0.912 bits per heavy atom. The first-order valence-electron chi connectivity index (χ1n) is 11.5. The second-order valence-corrected chi connectivity index (χ2v) is 8.35. The molecular formula is C27H27N5O2. The van der Waals surface area contributed by atoms with Crippen molar-refractivity contribution < 1.29 is 9.32 Å². The number of carbonyl (C=O) groups is 1. The van der Waals surface area contributed by atoms with Crippen molar-refractivity contribution in [3.63, 3.8) is 0 Å². The van der Waals surface area contributed by atoms with E-state index in [1.807, 2.05) is 60.9 Å². The lowest BCUT2D eigenvalue weighted by atomic mass is 10.1. The second kappa shape index (κ2) is 10.3. The number of pyridine rings is 1. The number of para-hydroxylation sites is 2. The van der Waals surface area contributed by atoms with Crippen molar-refractivity contribution in [3.8, 4) is 11.3 Å². The zero-order valence-electron chi connectivity index (χ0n) is 18.9. The van der Waals surface area contributed by atoms with Crippen molar-refractivity contribution in [3.05, 3.63) is 96.5 Å². The summed E-state index contributed by atoms with van der Waals surface area (Å²) in [7, 11) is 0. The van der Waals surface area contributed by atoms with E-state index < -0.39 is 0 Å². The zero-order chi connectivity index (χ0) is 23.2. The molecule has 0 spiro atoms. The molecule has 34 heavy (non-hydrogen) atoms. The van der Waals surface area contributed by atoms with Crippen molar-refractivity contribution >= 4 is 17.3 Å². The minimum Gasteiger partial charge on any atom is -0.367 e. The van der Waals surface area contributed by atoms with E-state index in [1.165, 1.54) is 5.56 Å². The third-order valence-electron chi connectivity index (χ3n) is 6.13. The highest BCUT2D eigenvalue weighted by atomic mass is 16.5. The van der Waals surface area contributed by atoms with Gasteiger partial charge in [-0.2, -0.15) is 0 Å². The summed E-state index contributed by atoms with van der Waals surface area (Å²) in [6.45, 7) is 4.81. The Balaban J connectivity index is 1.20. The standard InChI is InChI=1S/C27H27N5O2/c33-27(26-20-24(30-34-26)22-6-2-1-3-7-22)29-23-8-4-5-9-25(23)32-18-16-31(17-19-32)15-12-21-10-13-28-14-11-21/h1-11,13-14,20H,12,15-19H2,(H,29,33). The van der Waals surface area contributed by atoms with Crippen molar-refractivity contribution in [2.24, 2.45) is 0 Å². The van der Waals surface area contributed by atoms with Crippen molar-refractivity contribution in [1.29, 1.82) is 0 Å². The van der Waals surface area contributed by atoms with Crippen LogP contribution in [0.2, 0.25) is 0 Å². The van der Waals surface area contributed by atoms with E-state index >= 15 is 0 Å². The molecule has 7 nitrogen and oxygen atoms in total. The molecule has 0 bridgehead atoms. The molecule has 4 aromatic rings. The average Bonchev–Trinajstić information content (AvgIpc) is 3.40. The Hall–Kier alpha value is -3.97. The van der Waals surface area contributed by atoms with Crippen LogP contribution in [0.25, 0.3) is 11.3 Å². The summed E-state index contributed by atoms with van der Waals surface area (Å²) in [4.78, 5) is 21.8. The maximum atomic E-state index is 12.9. The first-order chi connectivity index (χ1) is 16.8. The summed E-state index contributed by atoms with van der Waals surface area (Å²) in [5.41, 5.74) is 4.66. The molecule has 1 aliphatic heterocycles. The summed E-state index contributed by atoms with van der Waals surface area (Å²) in [5.74, 6) is -0.118. The molecule has 0 atom stereocenters. The van der Waals surface area contributed by atoms with Gasteiger partial charge in [0.25, 0.3) is 5.91 Å². The van der Waals surface area contributed by atoms with Crippen LogP contribution in [-0.4, -0.2) is 53.7 Å². The molecule has 2 aromatic heterocycles. The second-order valence-electron chi connectivity index (χ2n) is 8.35. The largest absolute Gasteiger partial charge is 0.367 e. The van der Waals surface area contributed by atoms with E-state index in [4.69, 9.17) is 4.52 Å². The molecule has 172 valence electrons. The van der Waals surface area contributed by atoms with Crippen LogP contribution in [0.15, 0.2) is 89.7 Å². The number of aromatic nitrogens is 2. The van der Waals surface area contributed by atoms with Gasteiger partial charge in [-0.3, -0.25) is 14.7 Å². The van der Waals surface area contributed by atoms with E-state index in [1.54, 1.807) is 6.07 Å². The van der Waals surface area contributed by atoms with Crippen LogP contribution in [0.4, 0.5) is 11.4 Å². The first-order valence-corrected chi connectivity index (χ1v) is 11.5. The van der Waals surface area contributed by atoms with Crippen molar-refractivity contribution in [1.82, 2.24) is 15.0 Å². The fraction of sp³-hybridized carbons (Fsp3) is 0.222. The minimum atomic E-state index is -0.307. The number of amides is 1. The Bertz CT molecular complexity index is 1220. The van der Waals surface area contributed by atoms with Gasteiger partial charge in [0, 0.05) is 56.7 Å². The number of benzene rings is 2. The van der Waals surface area contributed by atoms with Crippen LogP contribution in [-0.2, 0) is 6.42 Å². The van der Waals surface area contributed by atoms with E-state index in [0.717, 1.165) is 56.1 Å². The number of anilines is 2. The van der Waals surface area contributed by atoms with E-state index in [9.17, 15) is 4.79 Å². The molecule has 2 aromatic carbocycles. The van der Waals surface area contributed by atoms with E-state index in [2.05, 4.69) is 43.5 Å². The van der Waals surface area contributed by atoms with Crippen LogP contribution in [0.3, 0.4) is 0 Å². The number of piperazine rings is 1. The van der Waals surface area contributed by atoms with Gasteiger partial charge in [0.05, 0.1) is 11.4 Å². The highest BCUT2D eigenvalue weighted by Gasteiger charge is 2.21. The van der Waals surface area contributed by atoms with E-state index in [-0.39, 0.29) is 11.7 Å². The van der Waals surface area contributed by atoms with Crippen LogP contribution in [0.1, 0.15) is 16.1 Å². The summed E-state index contributed by atoms with van der Waals surface area (Å²) >= 11 is 0. The monoisotopic (exact) mass is 453 g/mol. The molecule has 1 aliphatic rings. The van der Waals surface area contributed by atoms with Gasteiger partial charge in [0.15, 0.2) is 0 Å². The van der Waals surface area contributed by atoms with Gasteiger partial charge >= 0.3 is 0 Å². The summed E-state index contributed by atoms with van der Waals surface area (Å²) in [5, 5.41) is 7.07. The quantitative estimate of drug-likeness (QED) is 0.448. The van der Waals surface area contributed by atoms with Crippen molar-refractivity contribution in [2.75, 3.05) is 42.9 Å². The number of rotatable bonds is 7. The smallest absolute Gasteiger partial charge is 0.294 e. The van der Waals surface area contributed by atoms with E-state index in [0.29, 0.717) is 5.69 Å². The Labute approximate surface area is 199 Å². The fourth-order valence-corrected chi connectivity index (χ4v) is 4.22. The molecule has 3 heterocycles. The molecule has 7 heteroatoms. The highest BCUT2D eigenvalue weighted by Crippen LogP contribution is 2.28. The SMILES string of the molecule is O=C(Nc1ccccc1N1CCN(CCc2ccncc2)CC1)c1cc(-c2ccccc2)no1. The lowest BCUT2D eigenvalue weighted by Gasteiger charge is -2.37. The highest BCUT2D eigenvalue weighted by molar-refractivity contribution is 6.04. The average molecular weight is 454 g/mol. The Kier molecular flexibility index (Phi) is 6.63. The molecule has 1 amide bonds. The lowest BCUT2D eigenvalue weighted by Crippen LogP contribution is -2.47. The van der Waals surface area contributed by atoms with Gasteiger partial charge in [0.2, 0.25) is 5.76 Å². The normalized spacial score (nSPS) is 14.2. The van der Waals surface area contributed by atoms with Gasteiger partial charge in [-0.15, -0.1) is 0 Å². The van der Waals surface area contributed by atoms with Gasteiger partial charge in [-0.25, -0.2) is 0 Å². The third-order valence-corrected chi connectivity index (χ3v) is 6.13. The molecule has 1 saturated heterocycles. The van der Waals surface area contributed by atoms with Crippen LogP contribution < -0.4 is 10.2 Å². The molecular weight excluding hydrogens is 426 g/mol. The third kappa shape index (κ3) is 5.15. The van der Waals surface area contributed by atoms with Crippen LogP contribution in [0.5, 0.6) is 0 Å². The number of carbonyl (C=O) groups excluding carboxylic acids is 1.